The Kier molecular flexibility index (Phi) is 3.55. The van der Waals surface area contributed by atoms with Gasteiger partial charge in [0.1, 0.15) is 0 Å². The molecule has 0 bridgehead atoms. The Morgan fingerprint density at radius 2 is 1.87 bits per heavy atom. The molecule has 0 saturated heterocycles. The number of nitrogens with one attached hydrogen (secondary N) is 2. The van der Waals surface area contributed by atoms with E-state index >= 15 is 0 Å². The Morgan fingerprint density at radius 1 is 1.09 bits per heavy atom. The molecule has 0 spiro atoms. The van der Waals surface area contributed by atoms with Gasteiger partial charge in [-0.05, 0) is 34.9 Å². The highest BCUT2D eigenvalue weighted by molar-refractivity contribution is 7.17. The summed E-state index contributed by atoms with van der Waals surface area (Å²) >= 11 is 1.74. The lowest BCUT2D eigenvalue weighted by Crippen LogP contribution is -2.26. The average molecular weight is 321 g/mol. The summed E-state index contributed by atoms with van der Waals surface area (Å²) in [6, 6.07) is 16.0. The van der Waals surface area contributed by atoms with Gasteiger partial charge in [-0.15, -0.1) is 11.3 Å². The molecule has 0 unspecified atom stereocenters. The standard InChI is InChI=1S/C18H15N3OS/c22-18(17-14-6-1-3-7-15(14)20-21-17)19-10-9-12-11-23-16-8-4-2-5-13(12)16/h1-8,11H,9-10H2,(H,19,22)(H,20,21). The van der Waals surface area contributed by atoms with E-state index in [4.69, 9.17) is 0 Å². The number of hydrogen-bond acceptors (Lipinski definition) is 3. The molecule has 4 rings (SSSR count). The molecule has 2 aromatic heterocycles. The molecule has 4 nitrogen and oxygen atoms in total. The minimum absolute atomic E-state index is 0.137. The van der Waals surface area contributed by atoms with Crippen LogP contribution in [-0.2, 0) is 6.42 Å². The van der Waals surface area contributed by atoms with Crippen LogP contribution >= 0.6 is 11.3 Å². The molecule has 2 heterocycles. The van der Waals surface area contributed by atoms with Crippen molar-refractivity contribution in [3.8, 4) is 0 Å². The molecule has 23 heavy (non-hydrogen) atoms. The Bertz CT molecular complexity index is 986. The van der Waals surface area contributed by atoms with Crippen LogP contribution in [0.5, 0.6) is 0 Å². The van der Waals surface area contributed by atoms with Crippen molar-refractivity contribution in [3.05, 3.63) is 65.2 Å². The van der Waals surface area contributed by atoms with Crippen molar-refractivity contribution >= 4 is 38.2 Å². The van der Waals surface area contributed by atoms with E-state index in [1.165, 1.54) is 15.6 Å². The van der Waals surface area contributed by atoms with E-state index < -0.39 is 0 Å². The van der Waals surface area contributed by atoms with Crippen molar-refractivity contribution in [1.29, 1.82) is 0 Å². The topological polar surface area (TPSA) is 57.8 Å². The van der Waals surface area contributed by atoms with Gasteiger partial charge >= 0.3 is 0 Å². The summed E-state index contributed by atoms with van der Waals surface area (Å²) in [5.74, 6) is -0.137. The number of para-hydroxylation sites is 1. The van der Waals surface area contributed by atoms with E-state index in [-0.39, 0.29) is 5.91 Å². The number of benzene rings is 2. The minimum atomic E-state index is -0.137. The summed E-state index contributed by atoms with van der Waals surface area (Å²) in [6.07, 6.45) is 0.818. The zero-order valence-electron chi connectivity index (χ0n) is 12.4. The molecule has 4 aromatic rings. The van der Waals surface area contributed by atoms with Crippen molar-refractivity contribution in [1.82, 2.24) is 15.5 Å². The number of rotatable bonds is 4. The molecule has 0 saturated carbocycles. The Balaban J connectivity index is 1.46. The monoisotopic (exact) mass is 321 g/mol. The van der Waals surface area contributed by atoms with Crippen LogP contribution in [-0.4, -0.2) is 22.6 Å². The van der Waals surface area contributed by atoms with Gasteiger partial charge in [-0.25, -0.2) is 0 Å². The first-order valence-electron chi connectivity index (χ1n) is 7.49. The lowest BCUT2D eigenvalue weighted by atomic mass is 10.1. The van der Waals surface area contributed by atoms with Gasteiger partial charge in [0.05, 0.1) is 5.52 Å². The van der Waals surface area contributed by atoms with Crippen molar-refractivity contribution < 1.29 is 4.79 Å². The number of aromatic nitrogens is 2. The Labute approximate surface area is 137 Å². The zero-order valence-corrected chi connectivity index (χ0v) is 13.2. The van der Waals surface area contributed by atoms with Gasteiger partial charge in [-0.3, -0.25) is 9.89 Å². The molecule has 0 aliphatic rings. The van der Waals surface area contributed by atoms with Crippen molar-refractivity contribution in [2.45, 2.75) is 6.42 Å². The smallest absolute Gasteiger partial charge is 0.272 e. The molecule has 114 valence electrons. The second-order valence-electron chi connectivity index (χ2n) is 5.38. The number of thiophene rings is 1. The number of amides is 1. The summed E-state index contributed by atoms with van der Waals surface area (Å²) in [5, 5.41) is 14.3. The van der Waals surface area contributed by atoms with Crippen LogP contribution in [0.1, 0.15) is 16.1 Å². The van der Waals surface area contributed by atoms with Crippen molar-refractivity contribution in [2.75, 3.05) is 6.54 Å². The van der Waals surface area contributed by atoms with E-state index in [0.717, 1.165) is 17.3 Å². The average Bonchev–Trinajstić information content (AvgIpc) is 3.19. The van der Waals surface area contributed by atoms with Crippen LogP contribution in [0.2, 0.25) is 0 Å². The molecule has 0 fully saturated rings. The number of fused-ring (bicyclic) bond motifs is 2. The van der Waals surface area contributed by atoms with Crippen LogP contribution < -0.4 is 5.32 Å². The molecule has 1 amide bonds. The third-order valence-electron chi connectivity index (χ3n) is 3.93. The highest BCUT2D eigenvalue weighted by atomic mass is 32.1. The third kappa shape index (κ3) is 2.59. The second-order valence-corrected chi connectivity index (χ2v) is 6.29. The van der Waals surface area contributed by atoms with Gasteiger partial charge < -0.3 is 5.32 Å². The van der Waals surface area contributed by atoms with E-state index in [0.29, 0.717) is 12.2 Å². The molecule has 2 N–H and O–H groups in total. The normalized spacial score (nSPS) is 11.1. The summed E-state index contributed by atoms with van der Waals surface area (Å²) in [5.41, 5.74) is 2.61. The Hall–Kier alpha value is -2.66. The van der Waals surface area contributed by atoms with Gasteiger partial charge in [0, 0.05) is 16.6 Å². The fourth-order valence-electron chi connectivity index (χ4n) is 2.76. The van der Waals surface area contributed by atoms with Gasteiger partial charge in [-0.1, -0.05) is 36.4 Å². The molecular formula is C18H15N3OS. The van der Waals surface area contributed by atoms with Crippen molar-refractivity contribution in [2.24, 2.45) is 0 Å². The predicted molar refractivity (Wildman–Crippen MR) is 94.0 cm³/mol. The molecule has 2 aromatic carbocycles. The van der Waals surface area contributed by atoms with Gasteiger partial charge in [-0.2, -0.15) is 5.10 Å². The number of carbonyl (C=O) groups is 1. The van der Waals surface area contributed by atoms with Crippen LogP contribution in [0, 0.1) is 0 Å². The van der Waals surface area contributed by atoms with Crippen LogP contribution in [0.3, 0.4) is 0 Å². The lowest BCUT2D eigenvalue weighted by Gasteiger charge is -2.03. The number of carbonyl (C=O) groups excluding carboxylic acids is 1. The maximum absolute atomic E-state index is 12.3. The highest BCUT2D eigenvalue weighted by Crippen LogP contribution is 2.25. The summed E-state index contributed by atoms with van der Waals surface area (Å²) in [4.78, 5) is 12.3. The zero-order chi connectivity index (χ0) is 15.6. The number of aromatic amines is 1. The van der Waals surface area contributed by atoms with E-state index in [2.05, 4.69) is 33.0 Å². The molecule has 5 heteroatoms. The number of hydrogen-bond donors (Lipinski definition) is 2. The van der Waals surface area contributed by atoms with Gasteiger partial charge in [0.2, 0.25) is 0 Å². The summed E-state index contributed by atoms with van der Waals surface area (Å²) in [6.45, 7) is 0.598. The van der Waals surface area contributed by atoms with Crippen LogP contribution in [0.15, 0.2) is 53.9 Å². The number of H-pyrrole nitrogens is 1. The predicted octanol–water partition coefficient (Wildman–Crippen LogP) is 3.75. The Morgan fingerprint density at radius 3 is 2.78 bits per heavy atom. The van der Waals surface area contributed by atoms with E-state index in [1.54, 1.807) is 11.3 Å². The molecule has 0 aliphatic carbocycles. The largest absolute Gasteiger partial charge is 0.350 e. The van der Waals surface area contributed by atoms with Crippen LogP contribution in [0.25, 0.3) is 21.0 Å². The van der Waals surface area contributed by atoms with Crippen LogP contribution in [0.4, 0.5) is 0 Å². The van der Waals surface area contributed by atoms with Gasteiger partial charge in [0.15, 0.2) is 5.69 Å². The molecule has 0 radical (unpaired) electrons. The highest BCUT2D eigenvalue weighted by Gasteiger charge is 2.13. The molecule has 0 atom stereocenters. The van der Waals surface area contributed by atoms with E-state index in [9.17, 15) is 4.79 Å². The third-order valence-corrected chi connectivity index (χ3v) is 4.94. The van der Waals surface area contributed by atoms with Gasteiger partial charge in [0.25, 0.3) is 5.91 Å². The molecule has 0 aliphatic heterocycles. The molecular weight excluding hydrogens is 306 g/mol. The maximum Gasteiger partial charge on any atom is 0.272 e. The fourth-order valence-corrected chi connectivity index (χ4v) is 3.75. The lowest BCUT2D eigenvalue weighted by molar-refractivity contribution is 0.0951. The SMILES string of the molecule is O=C(NCCc1csc2ccccc12)c1n[nH]c2ccccc12. The van der Waals surface area contributed by atoms with Crippen molar-refractivity contribution in [3.63, 3.8) is 0 Å². The first-order valence-corrected chi connectivity index (χ1v) is 8.37. The van der Waals surface area contributed by atoms with E-state index in [1.807, 2.05) is 36.4 Å². The quantitative estimate of drug-likeness (QED) is 0.601. The fraction of sp³-hybridized carbons (Fsp3) is 0.111. The minimum Gasteiger partial charge on any atom is -0.350 e. The maximum atomic E-state index is 12.3. The second kappa shape index (κ2) is 5.85. The number of nitrogens with zero attached hydrogens (tertiary/aromatic N) is 1. The first-order chi connectivity index (χ1) is 11.3. The first kappa shape index (κ1) is 14.0. The summed E-state index contributed by atoms with van der Waals surface area (Å²) in [7, 11) is 0. The summed E-state index contributed by atoms with van der Waals surface area (Å²) < 4.78 is 1.28.